The van der Waals surface area contributed by atoms with E-state index in [0.29, 0.717) is 6.54 Å². The van der Waals surface area contributed by atoms with E-state index in [0.717, 1.165) is 42.6 Å². The predicted molar refractivity (Wildman–Crippen MR) is 101 cm³/mol. The maximum absolute atomic E-state index is 10.1. The average molecular weight is 444 g/mol. The monoisotopic (exact) mass is 443 g/mol. The Morgan fingerprint density at radius 3 is 2.71 bits per heavy atom. The lowest BCUT2D eigenvalue weighted by atomic mass is 9.80. The molecule has 0 saturated heterocycles. The van der Waals surface area contributed by atoms with E-state index in [2.05, 4.69) is 15.2 Å². The van der Waals surface area contributed by atoms with Crippen LogP contribution in [0, 0.1) is 0 Å². The summed E-state index contributed by atoms with van der Waals surface area (Å²) < 4.78 is 0.805. The van der Waals surface area contributed by atoms with Crippen molar-refractivity contribution in [1.82, 2.24) is 10.2 Å². The first-order valence-electron chi connectivity index (χ1n) is 6.98. The number of nitrogens with one attached hydrogen (secondary N) is 1. The van der Waals surface area contributed by atoms with Crippen LogP contribution in [-0.4, -0.2) is 41.7 Å². The third-order valence-electron chi connectivity index (χ3n) is 3.53. The normalized spacial score (nSPS) is 16.9. The van der Waals surface area contributed by atoms with Crippen molar-refractivity contribution in [1.29, 1.82) is 0 Å². The summed E-state index contributed by atoms with van der Waals surface area (Å²) in [6.07, 6.45) is 2.83. The highest BCUT2D eigenvalue weighted by atomic mass is 127. The SMILES string of the molecule is CCNC(=NCC1(O)CCC1)N(C)Cc1ccc(Cl)s1.I. The van der Waals surface area contributed by atoms with Gasteiger partial charge in [0.05, 0.1) is 23.0 Å². The number of nitrogens with zero attached hydrogens (tertiary/aromatic N) is 2. The molecule has 0 amide bonds. The molecule has 21 heavy (non-hydrogen) atoms. The Labute approximate surface area is 152 Å². The molecule has 0 radical (unpaired) electrons. The highest BCUT2D eigenvalue weighted by Gasteiger charge is 2.34. The van der Waals surface area contributed by atoms with Gasteiger partial charge in [0.1, 0.15) is 0 Å². The van der Waals surface area contributed by atoms with Crippen molar-refractivity contribution in [2.24, 2.45) is 4.99 Å². The Morgan fingerprint density at radius 2 is 2.24 bits per heavy atom. The molecule has 120 valence electrons. The standard InChI is InChI=1S/C14H22ClN3OS.HI/c1-3-16-13(17-10-14(19)7-4-8-14)18(2)9-11-5-6-12(15)20-11;/h5-6,19H,3-4,7-10H2,1-2H3,(H,16,17);1H. The van der Waals surface area contributed by atoms with Crippen molar-refractivity contribution in [3.05, 3.63) is 21.3 Å². The van der Waals surface area contributed by atoms with Crippen LogP contribution in [-0.2, 0) is 6.54 Å². The fourth-order valence-electron chi connectivity index (χ4n) is 2.18. The average Bonchev–Trinajstić information content (AvgIpc) is 2.77. The van der Waals surface area contributed by atoms with Gasteiger partial charge >= 0.3 is 0 Å². The van der Waals surface area contributed by atoms with Gasteiger partial charge in [-0.1, -0.05) is 11.6 Å². The molecule has 1 aliphatic carbocycles. The summed E-state index contributed by atoms with van der Waals surface area (Å²) in [6, 6.07) is 3.95. The van der Waals surface area contributed by atoms with Crippen molar-refractivity contribution in [3.63, 3.8) is 0 Å². The summed E-state index contributed by atoms with van der Waals surface area (Å²) in [4.78, 5) is 7.83. The van der Waals surface area contributed by atoms with Crippen molar-refractivity contribution in [2.75, 3.05) is 20.1 Å². The molecule has 1 aromatic heterocycles. The molecule has 4 nitrogen and oxygen atoms in total. The van der Waals surface area contributed by atoms with E-state index < -0.39 is 5.60 Å². The molecule has 1 saturated carbocycles. The lowest BCUT2D eigenvalue weighted by Gasteiger charge is -2.35. The Kier molecular flexibility index (Phi) is 7.73. The van der Waals surface area contributed by atoms with Crippen molar-refractivity contribution < 1.29 is 5.11 Å². The number of hydrogen-bond donors (Lipinski definition) is 2. The highest BCUT2D eigenvalue weighted by Crippen LogP contribution is 2.31. The minimum Gasteiger partial charge on any atom is -0.388 e. The minimum atomic E-state index is -0.576. The molecule has 0 spiro atoms. The summed E-state index contributed by atoms with van der Waals surface area (Å²) in [6.45, 7) is 4.10. The molecule has 0 atom stereocenters. The zero-order chi connectivity index (χ0) is 14.6. The number of aliphatic imine (C=N–C) groups is 1. The number of halogens is 2. The third-order valence-corrected chi connectivity index (χ3v) is 4.74. The molecule has 7 heteroatoms. The van der Waals surface area contributed by atoms with Gasteiger partial charge in [0.2, 0.25) is 0 Å². The van der Waals surface area contributed by atoms with Crippen LogP contribution in [0.15, 0.2) is 17.1 Å². The molecule has 1 fully saturated rings. The Morgan fingerprint density at radius 1 is 1.52 bits per heavy atom. The van der Waals surface area contributed by atoms with Crippen molar-refractivity contribution in [3.8, 4) is 0 Å². The predicted octanol–water partition coefficient (Wildman–Crippen LogP) is 3.33. The second-order valence-corrected chi connectivity index (χ2v) is 7.11. The summed E-state index contributed by atoms with van der Waals surface area (Å²) in [5, 5.41) is 13.4. The van der Waals surface area contributed by atoms with E-state index in [1.807, 2.05) is 26.1 Å². The second-order valence-electron chi connectivity index (χ2n) is 5.31. The van der Waals surface area contributed by atoms with E-state index in [-0.39, 0.29) is 24.0 Å². The number of hydrogen-bond acceptors (Lipinski definition) is 3. The lowest BCUT2D eigenvalue weighted by Crippen LogP contribution is -2.43. The van der Waals surface area contributed by atoms with Gasteiger partial charge in [-0.2, -0.15) is 0 Å². The molecule has 0 bridgehead atoms. The molecule has 0 unspecified atom stereocenters. The molecule has 1 aromatic rings. The fourth-order valence-corrected chi connectivity index (χ4v) is 3.32. The number of thiophene rings is 1. The van der Waals surface area contributed by atoms with Gasteiger partial charge in [0, 0.05) is 18.5 Å². The Bertz CT molecular complexity index is 477. The van der Waals surface area contributed by atoms with E-state index in [9.17, 15) is 5.11 Å². The second kappa shape index (κ2) is 8.55. The molecule has 2 N–H and O–H groups in total. The topological polar surface area (TPSA) is 47.9 Å². The van der Waals surface area contributed by atoms with Crippen LogP contribution in [0.2, 0.25) is 4.34 Å². The Balaban J connectivity index is 0.00000220. The molecule has 0 aromatic carbocycles. The first-order chi connectivity index (χ1) is 9.52. The van der Waals surface area contributed by atoms with Crippen LogP contribution in [0.5, 0.6) is 0 Å². The van der Waals surface area contributed by atoms with Crippen LogP contribution in [0.1, 0.15) is 31.1 Å². The maximum Gasteiger partial charge on any atom is 0.194 e. The molecule has 0 aliphatic heterocycles. The molecule has 1 heterocycles. The van der Waals surface area contributed by atoms with Crippen LogP contribution in [0.4, 0.5) is 0 Å². The number of rotatable bonds is 5. The fraction of sp³-hybridized carbons (Fsp3) is 0.643. The maximum atomic E-state index is 10.1. The van der Waals surface area contributed by atoms with Gasteiger partial charge in [0.15, 0.2) is 5.96 Å². The van der Waals surface area contributed by atoms with Gasteiger partial charge in [-0.25, -0.2) is 0 Å². The highest BCUT2D eigenvalue weighted by molar-refractivity contribution is 14.0. The van der Waals surface area contributed by atoms with Crippen molar-refractivity contribution >= 4 is 52.9 Å². The van der Waals surface area contributed by atoms with Crippen LogP contribution in [0.25, 0.3) is 0 Å². The minimum absolute atomic E-state index is 0. The van der Waals surface area contributed by atoms with Crippen LogP contribution >= 0.6 is 46.9 Å². The van der Waals surface area contributed by atoms with Gasteiger partial charge in [-0.3, -0.25) is 4.99 Å². The lowest BCUT2D eigenvalue weighted by molar-refractivity contribution is -0.0237. The van der Waals surface area contributed by atoms with E-state index in [4.69, 9.17) is 11.6 Å². The first kappa shape index (κ1) is 19.0. The van der Waals surface area contributed by atoms with Gasteiger partial charge in [-0.15, -0.1) is 35.3 Å². The molecule has 2 rings (SSSR count). The van der Waals surface area contributed by atoms with Gasteiger partial charge in [-0.05, 0) is 38.3 Å². The van der Waals surface area contributed by atoms with Gasteiger partial charge < -0.3 is 15.3 Å². The third kappa shape index (κ3) is 5.58. The smallest absolute Gasteiger partial charge is 0.194 e. The number of guanidine groups is 1. The molecule has 1 aliphatic rings. The summed E-state index contributed by atoms with van der Waals surface area (Å²) in [5.41, 5.74) is -0.576. The molecular weight excluding hydrogens is 421 g/mol. The van der Waals surface area contributed by atoms with E-state index in [1.54, 1.807) is 11.3 Å². The zero-order valence-electron chi connectivity index (χ0n) is 12.4. The summed E-state index contributed by atoms with van der Waals surface area (Å²) >= 11 is 7.54. The van der Waals surface area contributed by atoms with Crippen LogP contribution in [0.3, 0.4) is 0 Å². The van der Waals surface area contributed by atoms with E-state index >= 15 is 0 Å². The zero-order valence-corrected chi connectivity index (χ0v) is 16.3. The quantitative estimate of drug-likeness (QED) is 0.417. The molecular formula is C14H23ClIN3OS. The van der Waals surface area contributed by atoms with Crippen LogP contribution < -0.4 is 5.32 Å². The largest absolute Gasteiger partial charge is 0.388 e. The summed E-state index contributed by atoms with van der Waals surface area (Å²) in [5.74, 6) is 0.831. The Hall–Kier alpha value is -0.0500. The van der Waals surface area contributed by atoms with Crippen molar-refractivity contribution in [2.45, 2.75) is 38.3 Å². The number of aliphatic hydroxyl groups is 1. The van der Waals surface area contributed by atoms with Gasteiger partial charge in [0.25, 0.3) is 0 Å². The van der Waals surface area contributed by atoms with E-state index in [1.165, 1.54) is 4.88 Å². The summed E-state index contributed by atoms with van der Waals surface area (Å²) in [7, 11) is 2.00. The first-order valence-corrected chi connectivity index (χ1v) is 8.18.